The fraction of sp³-hybridized carbons (Fsp3) is 0.857. The van der Waals surface area contributed by atoms with Gasteiger partial charge in [0, 0.05) is 18.8 Å². The van der Waals surface area contributed by atoms with E-state index in [1.165, 1.54) is 0 Å². The topological polar surface area (TPSA) is 46.6 Å². The maximum atomic E-state index is 12.8. The average molecular weight is 285 g/mol. The number of thioether (sulfide) groups is 1. The van der Waals surface area contributed by atoms with E-state index in [4.69, 9.17) is 4.74 Å². The molecule has 2 fully saturated rings. The Labute approximate surface area is 119 Å². The third-order valence-electron chi connectivity index (χ3n) is 4.04. The molecule has 1 aliphatic heterocycles. The number of rotatable bonds is 3. The molecule has 0 aromatic carbocycles. The minimum Gasteiger partial charge on any atom is -0.465 e. The number of ether oxygens (including phenoxy) is 1. The Morgan fingerprint density at radius 3 is 2.58 bits per heavy atom. The predicted molar refractivity (Wildman–Crippen MR) is 76.1 cm³/mol. The fourth-order valence-corrected chi connectivity index (χ4v) is 3.89. The summed E-state index contributed by atoms with van der Waals surface area (Å²) in [5.41, 5.74) is -0.870. The van der Waals surface area contributed by atoms with Crippen LogP contribution in [0, 0.1) is 5.41 Å². The van der Waals surface area contributed by atoms with Crippen LogP contribution in [0.3, 0.4) is 0 Å². The van der Waals surface area contributed by atoms with Crippen LogP contribution in [0.4, 0.5) is 0 Å². The van der Waals surface area contributed by atoms with Gasteiger partial charge in [-0.3, -0.25) is 9.59 Å². The zero-order valence-electron chi connectivity index (χ0n) is 11.7. The van der Waals surface area contributed by atoms with Gasteiger partial charge in [0.2, 0.25) is 5.91 Å². The highest BCUT2D eigenvalue weighted by molar-refractivity contribution is 7.99. The fourth-order valence-electron chi connectivity index (χ4n) is 3.00. The molecule has 0 atom stereocenters. The zero-order chi connectivity index (χ0) is 13.7. The van der Waals surface area contributed by atoms with Crippen LogP contribution in [0.25, 0.3) is 0 Å². The smallest absolute Gasteiger partial charge is 0.321 e. The molecule has 0 aromatic heterocycles. The Bertz CT molecular complexity index is 332. The van der Waals surface area contributed by atoms with Crippen LogP contribution in [0.2, 0.25) is 0 Å². The van der Waals surface area contributed by atoms with Gasteiger partial charge in [0.1, 0.15) is 5.41 Å². The third-order valence-corrected chi connectivity index (χ3v) is 5.09. The predicted octanol–water partition coefficient (Wildman–Crippen LogP) is 2.08. The average Bonchev–Trinajstić information content (AvgIpc) is 2.75. The third kappa shape index (κ3) is 3.07. The molecule has 0 bridgehead atoms. The number of carbonyl (C=O) groups is 2. The second-order valence-electron chi connectivity index (χ2n) is 5.27. The van der Waals surface area contributed by atoms with Crippen LogP contribution >= 0.6 is 11.8 Å². The Kier molecular flexibility index (Phi) is 5.13. The molecule has 1 saturated heterocycles. The first-order valence-electron chi connectivity index (χ1n) is 7.25. The zero-order valence-corrected chi connectivity index (χ0v) is 12.5. The summed E-state index contributed by atoms with van der Waals surface area (Å²) in [5.74, 6) is 1.81. The lowest BCUT2D eigenvalue weighted by Gasteiger charge is -2.31. The van der Waals surface area contributed by atoms with Gasteiger partial charge in [0.15, 0.2) is 0 Å². The number of nitrogens with zero attached hydrogens (tertiary/aromatic N) is 1. The van der Waals surface area contributed by atoms with Crippen molar-refractivity contribution in [3.05, 3.63) is 0 Å². The van der Waals surface area contributed by atoms with Gasteiger partial charge in [0.05, 0.1) is 6.61 Å². The molecule has 19 heavy (non-hydrogen) atoms. The van der Waals surface area contributed by atoms with Gasteiger partial charge >= 0.3 is 5.97 Å². The van der Waals surface area contributed by atoms with E-state index in [-0.39, 0.29) is 11.9 Å². The number of amides is 1. The number of hydrogen-bond acceptors (Lipinski definition) is 4. The van der Waals surface area contributed by atoms with Crippen molar-refractivity contribution in [1.82, 2.24) is 4.90 Å². The molecule has 2 rings (SSSR count). The van der Waals surface area contributed by atoms with Gasteiger partial charge in [-0.2, -0.15) is 11.8 Å². The Morgan fingerprint density at radius 1 is 1.16 bits per heavy atom. The van der Waals surface area contributed by atoms with Crippen LogP contribution in [0.15, 0.2) is 0 Å². The SMILES string of the molecule is CCOC(=O)C1(C(=O)N2CCCSCC2)CCCC1. The normalized spacial score (nSPS) is 22.9. The molecule has 0 spiro atoms. The molecule has 1 amide bonds. The Morgan fingerprint density at radius 2 is 1.89 bits per heavy atom. The van der Waals surface area contributed by atoms with Crippen molar-refractivity contribution in [3.8, 4) is 0 Å². The van der Waals surface area contributed by atoms with Crippen molar-refractivity contribution in [3.63, 3.8) is 0 Å². The molecule has 2 aliphatic rings. The summed E-state index contributed by atoms with van der Waals surface area (Å²) >= 11 is 1.89. The van der Waals surface area contributed by atoms with E-state index in [1.54, 1.807) is 6.92 Å². The number of esters is 1. The van der Waals surface area contributed by atoms with Crippen molar-refractivity contribution >= 4 is 23.6 Å². The van der Waals surface area contributed by atoms with Crippen LogP contribution in [-0.2, 0) is 14.3 Å². The largest absolute Gasteiger partial charge is 0.465 e. The van der Waals surface area contributed by atoms with Crippen molar-refractivity contribution < 1.29 is 14.3 Å². The highest BCUT2D eigenvalue weighted by atomic mass is 32.2. The van der Waals surface area contributed by atoms with Gasteiger partial charge in [0.25, 0.3) is 0 Å². The summed E-state index contributed by atoms with van der Waals surface area (Å²) in [6.45, 7) is 3.70. The summed E-state index contributed by atoms with van der Waals surface area (Å²) in [5, 5.41) is 0. The maximum Gasteiger partial charge on any atom is 0.321 e. The second-order valence-corrected chi connectivity index (χ2v) is 6.49. The minimum absolute atomic E-state index is 0.0194. The van der Waals surface area contributed by atoms with E-state index in [0.717, 1.165) is 43.9 Å². The summed E-state index contributed by atoms with van der Waals surface area (Å²) in [7, 11) is 0. The highest BCUT2D eigenvalue weighted by Crippen LogP contribution is 2.41. The minimum atomic E-state index is -0.870. The highest BCUT2D eigenvalue weighted by Gasteiger charge is 2.51. The first-order chi connectivity index (χ1) is 9.20. The number of hydrogen-bond donors (Lipinski definition) is 0. The van der Waals surface area contributed by atoms with Gasteiger partial charge in [-0.1, -0.05) is 12.8 Å². The van der Waals surface area contributed by atoms with Gasteiger partial charge in [-0.05, 0) is 31.9 Å². The molecule has 0 aromatic rings. The molecule has 5 heteroatoms. The van der Waals surface area contributed by atoms with E-state index >= 15 is 0 Å². The van der Waals surface area contributed by atoms with E-state index in [2.05, 4.69) is 0 Å². The monoisotopic (exact) mass is 285 g/mol. The van der Waals surface area contributed by atoms with Crippen LogP contribution in [0.1, 0.15) is 39.0 Å². The lowest BCUT2D eigenvalue weighted by Crippen LogP contribution is -2.48. The lowest BCUT2D eigenvalue weighted by molar-refractivity contribution is -0.164. The Hall–Kier alpha value is -0.710. The quantitative estimate of drug-likeness (QED) is 0.588. The molecule has 108 valence electrons. The summed E-state index contributed by atoms with van der Waals surface area (Å²) in [6.07, 6.45) is 4.25. The van der Waals surface area contributed by atoms with Crippen LogP contribution in [-0.4, -0.2) is 48.0 Å². The molecule has 1 heterocycles. The van der Waals surface area contributed by atoms with Crippen molar-refractivity contribution in [2.24, 2.45) is 5.41 Å². The standard InChI is InChI=1S/C14H23NO3S/c1-2-18-13(17)14(6-3-4-7-14)12(16)15-8-5-10-19-11-9-15/h2-11H2,1H3. The van der Waals surface area contributed by atoms with Crippen molar-refractivity contribution in [2.75, 3.05) is 31.2 Å². The van der Waals surface area contributed by atoms with E-state index in [1.807, 2.05) is 16.7 Å². The van der Waals surface area contributed by atoms with Crippen LogP contribution in [0.5, 0.6) is 0 Å². The second kappa shape index (κ2) is 6.64. The Balaban J connectivity index is 2.13. The van der Waals surface area contributed by atoms with E-state index in [9.17, 15) is 9.59 Å². The molecule has 1 aliphatic carbocycles. The summed E-state index contributed by atoms with van der Waals surface area (Å²) in [6, 6.07) is 0. The first-order valence-corrected chi connectivity index (χ1v) is 8.40. The van der Waals surface area contributed by atoms with E-state index < -0.39 is 5.41 Å². The van der Waals surface area contributed by atoms with Crippen molar-refractivity contribution in [1.29, 1.82) is 0 Å². The maximum absolute atomic E-state index is 12.8. The molecule has 4 nitrogen and oxygen atoms in total. The van der Waals surface area contributed by atoms with E-state index in [0.29, 0.717) is 19.4 Å². The van der Waals surface area contributed by atoms with Crippen molar-refractivity contribution in [2.45, 2.75) is 39.0 Å². The molecular weight excluding hydrogens is 262 g/mol. The van der Waals surface area contributed by atoms with Gasteiger partial charge in [-0.15, -0.1) is 0 Å². The molecular formula is C14H23NO3S. The molecule has 1 saturated carbocycles. The summed E-state index contributed by atoms with van der Waals surface area (Å²) in [4.78, 5) is 27.0. The molecule has 0 radical (unpaired) electrons. The number of carbonyl (C=O) groups excluding carboxylic acids is 2. The molecule has 0 unspecified atom stereocenters. The van der Waals surface area contributed by atoms with Crippen LogP contribution < -0.4 is 0 Å². The summed E-state index contributed by atoms with van der Waals surface area (Å²) < 4.78 is 5.18. The molecule has 0 N–H and O–H groups in total. The lowest BCUT2D eigenvalue weighted by atomic mass is 9.84. The first kappa shape index (κ1) is 14.7. The van der Waals surface area contributed by atoms with Gasteiger partial charge < -0.3 is 9.64 Å². The van der Waals surface area contributed by atoms with Gasteiger partial charge in [-0.25, -0.2) is 0 Å².